The zero-order valence-corrected chi connectivity index (χ0v) is 13.7. The summed E-state index contributed by atoms with van der Waals surface area (Å²) in [5, 5.41) is 8.94. The summed E-state index contributed by atoms with van der Waals surface area (Å²) >= 11 is 0. The van der Waals surface area contributed by atoms with E-state index in [1.807, 2.05) is 0 Å². The van der Waals surface area contributed by atoms with Crippen LogP contribution in [0.25, 0.3) is 32.3 Å². The normalized spacial score (nSPS) is 17.0. The molecule has 4 aromatic rings. The Bertz CT molecular complexity index is 958. The van der Waals surface area contributed by atoms with E-state index in [2.05, 4.69) is 36.4 Å². The molecular formula is C24H18. The van der Waals surface area contributed by atoms with E-state index in [-0.39, 0.29) is 0 Å². The Labute approximate surface area is 141 Å². The molecule has 114 valence electrons. The highest BCUT2D eigenvalue weighted by Crippen LogP contribution is 2.43. The van der Waals surface area contributed by atoms with Crippen LogP contribution in [0.4, 0.5) is 0 Å². The Hall–Kier alpha value is -2.34. The number of fused-ring (bicyclic) bond motifs is 9. The molecule has 0 fully saturated rings. The lowest BCUT2D eigenvalue weighted by molar-refractivity contribution is 0.841. The zero-order valence-electron chi connectivity index (χ0n) is 13.7. The molecule has 0 heterocycles. The molecule has 0 unspecified atom stereocenters. The average Bonchev–Trinajstić information content (AvgIpc) is 2.52. The first kappa shape index (κ1) is 12.1. The van der Waals surface area contributed by atoms with E-state index >= 15 is 0 Å². The molecule has 0 N–H and O–H groups in total. The van der Waals surface area contributed by atoms with Gasteiger partial charge in [-0.3, -0.25) is 0 Å². The van der Waals surface area contributed by atoms with Gasteiger partial charge in [0.2, 0.25) is 0 Å². The molecule has 0 aromatic heterocycles. The third kappa shape index (κ3) is 1.30. The Balaban J connectivity index is 1.79. The monoisotopic (exact) mass is 306 g/mol. The van der Waals surface area contributed by atoms with Gasteiger partial charge < -0.3 is 0 Å². The first-order valence-electron chi connectivity index (χ1n) is 9.34. The number of rotatable bonds is 0. The van der Waals surface area contributed by atoms with Crippen LogP contribution < -0.4 is 0 Å². The van der Waals surface area contributed by atoms with Crippen molar-refractivity contribution in [1.29, 1.82) is 0 Å². The molecule has 0 nitrogen and oxygen atoms in total. The minimum atomic E-state index is 1.26. The summed E-state index contributed by atoms with van der Waals surface area (Å²) < 4.78 is 0. The number of hydrogen-bond acceptors (Lipinski definition) is 0. The first-order chi connectivity index (χ1) is 11.8. The van der Waals surface area contributed by atoms with Crippen LogP contribution in [0.15, 0.2) is 36.4 Å². The van der Waals surface area contributed by atoms with E-state index in [1.54, 1.807) is 33.4 Å². The molecule has 24 heavy (non-hydrogen) atoms. The maximum absolute atomic E-state index is 2.50. The van der Waals surface area contributed by atoms with Gasteiger partial charge in [0.1, 0.15) is 0 Å². The number of hydrogen-bond donors (Lipinski definition) is 0. The molecule has 0 atom stereocenters. The molecule has 0 amide bonds. The van der Waals surface area contributed by atoms with Crippen molar-refractivity contribution in [2.24, 2.45) is 0 Å². The molecule has 0 bridgehead atoms. The lowest BCUT2D eigenvalue weighted by Crippen LogP contribution is -2.10. The molecule has 0 heteroatoms. The van der Waals surface area contributed by atoms with Gasteiger partial charge in [0.25, 0.3) is 0 Å². The van der Waals surface area contributed by atoms with Gasteiger partial charge >= 0.3 is 0 Å². The maximum Gasteiger partial charge on any atom is -0.00959 e. The standard InChI is InChI=1S/C24H18/c1-2-14-8-20-19(7-13(1)14)21-9-15-3-4-17(15)11-23(21)24-12-18-6-5-16(18)10-22(20)24/h7-12H,1-6H2. The first-order valence-corrected chi connectivity index (χ1v) is 9.34. The molecule has 4 aromatic carbocycles. The Kier molecular flexibility index (Phi) is 1.93. The topological polar surface area (TPSA) is 0 Å². The molecule has 0 saturated heterocycles. The summed E-state index contributed by atoms with van der Waals surface area (Å²) in [5.41, 5.74) is 9.47. The summed E-state index contributed by atoms with van der Waals surface area (Å²) in [5.74, 6) is 0. The Morgan fingerprint density at radius 2 is 0.458 bits per heavy atom. The quantitative estimate of drug-likeness (QED) is 0.379. The van der Waals surface area contributed by atoms with Gasteiger partial charge in [-0.25, -0.2) is 0 Å². The van der Waals surface area contributed by atoms with Crippen LogP contribution in [0.1, 0.15) is 33.4 Å². The summed E-state index contributed by atoms with van der Waals surface area (Å²) in [6.07, 6.45) is 7.58. The second kappa shape index (κ2) is 3.83. The number of benzene rings is 4. The van der Waals surface area contributed by atoms with Crippen molar-refractivity contribution >= 4 is 32.3 Å². The highest BCUT2D eigenvalue weighted by molar-refractivity contribution is 6.26. The third-order valence-electron chi connectivity index (χ3n) is 6.88. The SMILES string of the molecule is c1c2c(cc3c1c1cc4c(cc1c1cc5c(cc31)CC5)CC4)CC2. The summed E-state index contributed by atoms with van der Waals surface area (Å²) in [6, 6.07) is 15.0. The van der Waals surface area contributed by atoms with Crippen molar-refractivity contribution in [2.75, 3.05) is 0 Å². The van der Waals surface area contributed by atoms with E-state index in [1.165, 1.54) is 70.8 Å². The van der Waals surface area contributed by atoms with Gasteiger partial charge in [0.15, 0.2) is 0 Å². The van der Waals surface area contributed by atoms with Gasteiger partial charge in [0.05, 0.1) is 0 Å². The van der Waals surface area contributed by atoms with Crippen LogP contribution in [-0.2, 0) is 38.5 Å². The van der Waals surface area contributed by atoms with Gasteiger partial charge in [-0.05, 0) is 104 Å². The highest BCUT2D eigenvalue weighted by Gasteiger charge is 2.22. The van der Waals surface area contributed by atoms with Gasteiger partial charge in [-0.15, -0.1) is 0 Å². The Morgan fingerprint density at radius 1 is 0.292 bits per heavy atom. The highest BCUT2D eigenvalue weighted by atomic mass is 14.3. The fourth-order valence-corrected chi connectivity index (χ4v) is 5.08. The molecule has 0 radical (unpaired) electrons. The van der Waals surface area contributed by atoms with E-state index < -0.39 is 0 Å². The Morgan fingerprint density at radius 3 is 0.583 bits per heavy atom. The van der Waals surface area contributed by atoms with E-state index in [0.29, 0.717) is 0 Å². The largest absolute Gasteiger partial charge is 0.0502 e. The van der Waals surface area contributed by atoms with Crippen molar-refractivity contribution in [3.63, 3.8) is 0 Å². The molecule has 3 aliphatic carbocycles. The van der Waals surface area contributed by atoms with Crippen molar-refractivity contribution < 1.29 is 0 Å². The maximum atomic E-state index is 2.50. The van der Waals surface area contributed by atoms with Crippen LogP contribution in [0.5, 0.6) is 0 Å². The predicted octanol–water partition coefficient (Wildman–Crippen LogP) is 5.44. The fraction of sp³-hybridized carbons (Fsp3) is 0.250. The zero-order chi connectivity index (χ0) is 15.4. The van der Waals surface area contributed by atoms with Crippen LogP contribution >= 0.6 is 0 Å². The van der Waals surface area contributed by atoms with Crippen molar-refractivity contribution in [3.8, 4) is 0 Å². The van der Waals surface area contributed by atoms with Crippen molar-refractivity contribution in [3.05, 3.63) is 69.8 Å². The van der Waals surface area contributed by atoms with E-state index in [0.717, 1.165) is 0 Å². The van der Waals surface area contributed by atoms with Crippen molar-refractivity contribution in [1.82, 2.24) is 0 Å². The summed E-state index contributed by atoms with van der Waals surface area (Å²) in [4.78, 5) is 0. The van der Waals surface area contributed by atoms with Crippen LogP contribution in [0.2, 0.25) is 0 Å². The van der Waals surface area contributed by atoms with Crippen molar-refractivity contribution in [2.45, 2.75) is 38.5 Å². The fourth-order valence-electron chi connectivity index (χ4n) is 5.08. The third-order valence-corrected chi connectivity index (χ3v) is 6.88. The minimum Gasteiger partial charge on any atom is -0.0502 e. The van der Waals surface area contributed by atoms with Gasteiger partial charge in [0, 0.05) is 0 Å². The lowest BCUT2D eigenvalue weighted by atomic mass is 9.78. The van der Waals surface area contributed by atoms with Crippen LogP contribution in [0.3, 0.4) is 0 Å². The molecular weight excluding hydrogens is 288 g/mol. The minimum absolute atomic E-state index is 1.26. The molecule has 0 saturated carbocycles. The molecule has 0 spiro atoms. The number of aryl methyl sites for hydroxylation is 6. The van der Waals surface area contributed by atoms with E-state index in [4.69, 9.17) is 0 Å². The van der Waals surface area contributed by atoms with Crippen LogP contribution in [0, 0.1) is 0 Å². The molecule has 3 aliphatic rings. The summed E-state index contributed by atoms with van der Waals surface area (Å²) in [6.45, 7) is 0. The predicted molar refractivity (Wildman–Crippen MR) is 101 cm³/mol. The smallest absolute Gasteiger partial charge is 0.00959 e. The second-order valence-corrected chi connectivity index (χ2v) is 8.00. The molecule has 7 rings (SSSR count). The molecule has 0 aliphatic heterocycles. The lowest BCUT2D eigenvalue weighted by Gasteiger charge is -2.26. The van der Waals surface area contributed by atoms with E-state index in [9.17, 15) is 0 Å². The second-order valence-electron chi connectivity index (χ2n) is 8.00. The average molecular weight is 306 g/mol. The van der Waals surface area contributed by atoms with Gasteiger partial charge in [-0.1, -0.05) is 36.4 Å². The van der Waals surface area contributed by atoms with Crippen LogP contribution in [-0.4, -0.2) is 0 Å². The van der Waals surface area contributed by atoms with Gasteiger partial charge in [-0.2, -0.15) is 0 Å². The summed E-state index contributed by atoms with van der Waals surface area (Å²) in [7, 11) is 0.